The first-order chi connectivity index (χ1) is 10.1. The summed E-state index contributed by atoms with van der Waals surface area (Å²) >= 11 is 0. The summed E-state index contributed by atoms with van der Waals surface area (Å²) in [4.78, 5) is 20.9. The maximum Gasteiger partial charge on any atom is 0.307 e. The van der Waals surface area contributed by atoms with E-state index in [4.69, 9.17) is 5.11 Å². The molecule has 0 aliphatic heterocycles. The zero-order valence-corrected chi connectivity index (χ0v) is 11.2. The van der Waals surface area contributed by atoms with Crippen molar-refractivity contribution < 1.29 is 14.8 Å². The van der Waals surface area contributed by atoms with E-state index in [-0.39, 0.29) is 12.1 Å². The molecule has 0 unspecified atom stereocenters. The van der Waals surface area contributed by atoms with Gasteiger partial charge in [-0.15, -0.1) is 0 Å². The van der Waals surface area contributed by atoms with Crippen LogP contribution in [0, 0.1) is 10.1 Å². The second-order valence-corrected chi connectivity index (χ2v) is 4.50. The van der Waals surface area contributed by atoms with Crippen LogP contribution < -0.4 is 5.32 Å². The second kappa shape index (κ2) is 6.51. The van der Waals surface area contributed by atoms with E-state index in [1.54, 1.807) is 24.3 Å². The molecule has 0 atom stereocenters. The Morgan fingerprint density at radius 3 is 2.29 bits per heavy atom. The van der Waals surface area contributed by atoms with Gasteiger partial charge < -0.3 is 10.4 Å². The summed E-state index contributed by atoms with van der Waals surface area (Å²) in [5, 5.41) is 22.6. The zero-order chi connectivity index (χ0) is 15.2. The average molecular weight is 286 g/mol. The highest BCUT2D eigenvalue weighted by Crippen LogP contribution is 2.17. The molecular weight excluding hydrogens is 272 g/mol. The van der Waals surface area contributed by atoms with Crippen LogP contribution in [0.5, 0.6) is 0 Å². The molecule has 0 saturated heterocycles. The summed E-state index contributed by atoms with van der Waals surface area (Å²) in [6.07, 6.45) is -0.0296. The third kappa shape index (κ3) is 4.04. The Bertz CT molecular complexity index is 653. The van der Waals surface area contributed by atoms with Gasteiger partial charge in [0.1, 0.15) is 0 Å². The third-order valence-corrected chi connectivity index (χ3v) is 3.02. The minimum atomic E-state index is -0.877. The van der Waals surface area contributed by atoms with Crippen LogP contribution in [-0.2, 0) is 17.8 Å². The number of carboxylic acid groups (broad SMARTS) is 1. The molecule has 108 valence electrons. The maximum absolute atomic E-state index is 10.8. The van der Waals surface area contributed by atoms with Gasteiger partial charge >= 0.3 is 5.97 Å². The van der Waals surface area contributed by atoms with Crippen molar-refractivity contribution in [1.82, 2.24) is 0 Å². The fourth-order valence-corrected chi connectivity index (χ4v) is 1.96. The van der Waals surface area contributed by atoms with Gasteiger partial charge in [-0.2, -0.15) is 0 Å². The Morgan fingerprint density at radius 2 is 1.71 bits per heavy atom. The largest absolute Gasteiger partial charge is 0.481 e. The quantitative estimate of drug-likeness (QED) is 0.629. The van der Waals surface area contributed by atoms with Crippen molar-refractivity contribution >= 4 is 17.3 Å². The Balaban J connectivity index is 2.06. The topological polar surface area (TPSA) is 92.5 Å². The van der Waals surface area contributed by atoms with Gasteiger partial charge in [-0.3, -0.25) is 14.9 Å². The number of carboxylic acids is 1. The van der Waals surface area contributed by atoms with Crippen LogP contribution in [-0.4, -0.2) is 16.0 Å². The Morgan fingerprint density at radius 1 is 1.10 bits per heavy atom. The van der Waals surface area contributed by atoms with Crippen molar-refractivity contribution in [3.05, 3.63) is 69.8 Å². The summed E-state index contributed by atoms with van der Waals surface area (Å²) in [7, 11) is 0. The zero-order valence-electron chi connectivity index (χ0n) is 11.2. The third-order valence-electron chi connectivity index (χ3n) is 3.02. The van der Waals surface area contributed by atoms with Gasteiger partial charge in [0.05, 0.1) is 11.3 Å². The number of rotatable bonds is 6. The summed E-state index contributed by atoms with van der Waals surface area (Å²) < 4.78 is 0. The fourth-order valence-electron chi connectivity index (χ4n) is 1.96. The molecule has 0 spiro atoms. The van der Waals surface area contributed by atoms with Gasteiger partial charge in [0.15, 0.2) is 0 Å². The van der Waals surface area contributed by atoms with Gasteiger partial charge in [0, 0.05) is 24.4 Å². The van der Waals surface area contributed by atoms with E-state index < -0.39 is 10.9 Å². The van der Waals surface area contributed by atoms with E-state index >= 15 is 0 Å². The number of hydrogen-bond donors (Lipinski definition) is 2. The SMILES string of the molecule is O=C(O)Cc1ccccc1CNc1ccc([N+](=O)[O-])cc1. The molecule has 2 rings (SSSR count). The van der Waals surface area contributed by atoms with Crippen LogP contribution in [0.2, 0.25) is 0 Å². The average Bonchev–Trinajstić information content (AvgIpc) is 2.46. The van der Waals surface area contributed by atoms with Crippen molar-refractivity contribution in [3.8, 4) is 0 Å². The number of nitro groups is 1. The summed E-state index contributed by atoms with van der Waals surface area (Å²) in [5.74, 6) is -0.877. The number of benzene rings is 2. The lowest BCUT2D eigenvalue weighted by atomic mass is 10.0. The second-order valence-electron chi connectivity index (χ2n) is 4.50. The molecule has 6 nitrogen and oxygen atoms in total. The smallest absolute Gasteiger partial charge is 0.307 e. The van der Waals surface area contributed by atoms with E-state index in [1.807, 2.05) is 12.1 Å². The van der Waals surface area contributed by atoms with Crippen molar-refractivity contribution in [2.24, 2.45) is 0 Å². The van der Waals surface area contributed by atoms with Gasteiger partial charge in [0.25, 0.3) is 5.69 Å². The van der Waals surface area contributed by atoms with Gasteiger partial charge in [0.2, 0.25) is 0 Å². The molecule has 0 aliphatic carbocycles. The normalized spacial score (nSPS) is 10.1. The van der Waals surface area contributed by atoms with Crippen LogP contribution in [0.25, 0.3) is 0 Å². The molecule has 6 heteroatoms. The highest BCUT2D eigenvalue weighted by atomic mass is 16.6. The number of aliphatic carboxylic acids is 1. The molecule has 0 amide bonds. The van der Waals surface area contributed by atoms with Crippen molar-refractivity contribution in [2.75, 3.05) is 5.32 Å². The van der Waals surface area contributed by atoms with Crippen molar-refractivity contribution in [1.29, 1.82) is 0 Å². The van der Waals surface area contributed by atoms with Crippen LogP contribution in [0.3, 0.4) is 0 Å². The maximum atomic E-state index is 10.8. The minimum absolute atomic E-state index is 0.0296. The van der Waals surface area contributed by atoms with E-state index in [2.05, 4.69) is 5.32 Å². The molecule has 0 aliphatic rings. The number of nitro benzene ring substituents is 1. The van der Waals surface area contributed by atoms with Crippen LogP contribution in [0.4, 0.5) is 11.4 Å². The van der Waals surface area contributed by atoms with Crippen molar-refractivity contribution in [2.45, 2.75) is 13.0 Å². The van der Waals surface area contributed by atoms with Gasteiger partial charge in [-0.1, -0.05) is 24.3 Å². The molecule has 0 heterocycles. The van der Waals surface area contributed by atoms with Crippen LogP contribution >= 0.6 is 0 Å². The lowest BCUT2D eigenvalue weighted by Gasteiger charge is -2.10. The molecule has 0 radical (unpaired) electrons. The number of carbonyl (C=O) groups is 1. The predicted molar refractivity (Wildman–Crippen MR) is 78.2 cm³/mol. The highest BCUT2D eigenvalue weighted by Gasteiger charge is 2.07. The Labute approximate surface area is 121 Å². The van der Waals surface area contributed by atoms with Crippen LogP contribution in [0.15, 0.2) is 48.5 Å². The first kappa shape index (κ1) is 14.5. The van der Waals surface area contributed by atoms with E-state index in [0.717, 1.165) is 16.8 Å². The number of nitrogens with zero attached hydrogens (tertiary/aromatic N) is 1. The molecule has 0 bridgehead atoms. The number of hydrogen-bond acceptors (Lipinski definition) is 4. The summed E-state index contributed by atoms with van der Waals surface area (Å²) in [5.41, 5.74) is 2.41. The van der Waals surface area contributed by atoms with E-state index in [1.165, 1.54) is 12.1 Å². The number of nitrogens with one attached hydrogen (secondary N) is 1. The fraction of sp³-hybridized carbons (Fsp3) is 0.133. The molecule has 21 heavy (non-hydrogen) atoms. The molecule has 0 aromatic heterocycles. The lowest BCUT2D eigenvalue weighted by molar-refractivity contribution is -0.384. The van der Waals surface area contributed by atoms with Gasteiger partial charge in [-0.05, 0) is 23.3 Å². The Hall–Kier alpha value is -2.89. The minimum Gasteiger partial charge on any atom is -0.481 e. The summed E-state index contributed by atoms with van der Waals surface area (Å²) in [6, 6.07) is 13.4. The first-order valence-electron chi connectivity index (χ1n) is 6.33. The predicted octanol–water partition coefficient (Wildman–Crippen LogP) is 2.83. The molecule has 2 N–H and O–H groups in total. The standard InChI is InChI=1S/C15H14N2O4/c18-15(19)9-11-3-1-2-4-12(11)10-16-13-5-7-14(8-6-13)17(20)21/h1-8,16H,9-10H2,(H,18,19). The molecular formula is C15H14N2O4. The molecule has 2 aromatic carbocycles. The van der Waals surface area contributed by atoms with Gasteiger partial charge in [-0.25, -0.2) is 0 Å². The lowest BCUT2D eigenvalue weighted by Crippen LogP contribution is -2.07. The monoisotopic (exact) mass is 286 g/mol. The Kier molecular flexibility index (Phi) is 4.50. The van der Waals surface area contributed by atoms with Crippen LogP contribution in [0.1, 0.15) is 11.1 Å². The first-order valence-corrected chi connectivity index (χ1v) is 6.33. The number of anilines is 1. The highest BCUT2D eigenvalue weighted by molar-refractivity contribution is 5.70. The van der Waals surface area contributed by atoms with Crippen molar-refractivity contribution in [3.63, 3.8) is 0 Å². The summed E-state index contributed by atoms with van der Waals surface area (Å²) in [6.45, 7) is 0.460. The molecule has 0 fully saturated rings. The van der Waals surface area contributed by atoms with E-state index in [9.17, 15) is 14.9 Å². The number of non-ortho nitro benzene ring substituents is 1. The van der Waals surface area contributed by atoms with E-state index in [0.29, 0.717) is 6.54 Å². The molecule has 0 saturated carbocycles. The molecule has 2 aromatic rings.